The van der Waals surface area contributed by atoms with Crippen LogP contribution in [0.1, 0.15) is 6.42 Å². The molecule has 0 bridgehead atoms. The van der Waals surface area contributed by atoms with Gasteiger partial charge in [0.2, 0.25) is 5.91 Å². The Morgan fingerprint density at radius 2 is 2.44 bits per heavy atom. The van der Waals surface area contributed by atoms with Gasteiger partial charge >= 0.3 is 51.4 Å². The van der Waals surface area contributed by atoms with Crippen molar-refractivity contribution >= 4 is 11.9 Å². The molecule has 2 rings (SSSR count). The summed E-state index contributed by atoms with van der Waals surface area (Å²) in [6.07, 6.45) is 1.30. The number of β-lactam (4-membered cyclic amide) rings is 1. The molecule has 0 spiro atoms. The summed E-state index contributed by atoms with van der Waals surface area (Å²) >= 11 is 0. The van der Waals surface area contributed by atoms with Crippen LogP contribution in [0.5, 0.6) is 0 Å². The molecular weight excluding hydrogens is 241 g/mol. The van der Waals surface area contributed by atoms with Crippen molar-refractivity contribution in [2.75, 3.05) is 13.7 Å². The van der Waals surface area contributed by atoms with Crippen LogP contribution in [0, 0.1) is 0 Å². The minimum absolute atomic E-state index is 0. The number of aliphatic carboxylic acids is 1. The Kier molecular flexibility index (Phi) is 4.96. The first-order valence-corrected chi connectivity index (χ1v) is 4.53. The number of methoxy groups -OCH3 is 1. The van der Waals surface area contributed by atoms with E-state index in [4.69, 9.17) is 9.47 Å². The average molecular weight is 251 g/mol. The van der Waals surface area contributed by atoms with Gasteiger partial charge in [0.25, 0.3) is 0 Å². The largest absolute Gasteiger partial charge is 1.00 e. The molecule has 0 aromatic carbocycles. The zero-order chi connectivity index (χ0) is 11.0. The maximum Gasteiger partial charge on any atom is 1.00 e. The van der Waals surface area contributed by atoms with Gasteiger partial charge in [-0.1, -0.05) is 0 Å². The summed E-state index contributed by atoms with van der Waals surface area (Å²) in [5, 5.41) is 10.8. The van der Waals surface area contributed by atoms with Crippen LogP contribution >= 0.6 is 0 Å². The standard InChI is InChI=1S/C9H11NO5.K/c1-14-3-2-5-8(9(12)13)10-6(11)4-7(10)15-5;/h2,7-8H,3-4H2,1H3,(H,12,13);/q;+1/p-1/b5-2-;/t7-,8-;/m1./s1. The number of hydrogen-bond donors (Lipinski definition) is 0. The van der Waals surface area contributed by atoms with E-state index in [0.717, 1.165) is 0 Å². The molecule has 1 amide bonds. The molecule has 0 radical (unpaired) electrons. The fraction of sp³-hybridized carbons (Fsp3) is 0.556. The van der Waals surface area contributed by atoms with Crippen LogP contribution in [0.25, 0.3) is 0 Å². The molecule has 0 unspecified atom stereocenters. The van der Waals surface area contributed by atoms with Crippen LogP contribution in [-0.4, -0.2) is 42.8 Å². The van der Waals surface area contributed by atoms with Crippen molar-refractivity contribution in [1.82, 2.24) is 4.90 Å². The molecule has 0 aliphatic carbocycles. The van der Waals surface area contributed by atoms with Crippen LogP contribution in [0.2, 0.25) is 0 Å². The van der Waals surface area contributed by atoms with E-state index in [1.54, 1.807) is 0 Å². The summed E-state index contributed by atoms with van der Waals surface area (Å²) < 4.78 is 10.0. The Bertz CT molecular complexity index is 343. The molecule has 16 heavy (non-hydrogen) atoms. The first-order chi connectivity index (χ1) is 7.15. The van der Waals surface area contributed by atoms with Gasteiger partial charge in [0, 0.05) is 7.11 Å². The minimum atomic E-state index is -1.33. The second kappa shape index (κ2) is 5.61. The summed E-state index contributed by atoms with van der Waals surface area (Å²) in [7, 11) is 1.49. The molecule has 0 aromatic heterocycles. The van der Waals surface area contributed by atoms with Crippen molar-refractivity contribution in [3.8, 4) is 0 Å². The van der Waals surface area contributed by atoms with Gasteiger partial charge in [-0.05, 0) is 6.08 Å². The van der Waals surface area contributed by atoms with Crippen molar-refractivity contribution in [2.24, 2.45) is 0 Å². The number of hydrogen-bond acceptors (Lipinski definition) is 5. The smallest absolute Gasteiger partial charge is 0.547 e. The minimum Gasteiger partial charge on any atom is -0.547 e. The van der Waals surface area contributed by atoms with Gasteiger partial charge in [-0.2, -0.15) is 0 Å². The van der Waals surface area contributed by atoms with Crippen LogP contribution in [0.3, 0.4) is 0 Å². The first-order valence-electron chi connectivity index (χ1n) is 4.53. The van der Waals surface area contributed by atoms with Gasteiger partial charge in [0.15, 0.2) is 6.23 Å². The van der Waals surface area contributed by atoms with Gasteiger partial charge in [0.05, 0.1) is 19.0 Å². The molecular formula is C9H10KNO5. The molecule has 0 saturated carbocycles. The number of carbonyl (C=O) groups is 2. The molecule has 2 heterocycles. The number of carbonyl (C=O) groups excluding carboxylic acids is 2. The fourth-order valence-electron chi connectivity index (χ4n) is 1.72. The number of amides is 1. The Morgan fingerprint density at radius 3 is 2.94 bits per heavy atom. The molecule has 0 aromatic rings. The third-order valence-electron chi connectivity index (χ3n) is 2.44. The van der Waals surface area contributed by atoms with Crippen molar-refractivity contribution in [3.63, 3.8) is 0 Å². The molecule has 7 heteroatoms. The SMILES string of the molecule is COC/C=C1\O[C@@H]2CC(=O)N2[C@H]1C(=O)[O-].[K+]. The van der Waals surface area contributed by atoms with Crippen LogP contribution in [0.4, 0.5) is 0 Å². The van der Waals surface area contributed by atoms with Gasteiger partial charge in [-0.3, -0.25) is 9.69 Å². The Balaban J connectivity index is 0.00000128. The monoisotopic (exact) mass is 251 g/mol. The van der Waals surface area contributed by atoms with Crippen LogP contribution in [0.15, 0.2) is 11.8 Å². The van der Waals surface area contributed by atoms with E-state index in [1.807, 2.05) is 0 Å². The van der Waals surface area contributed by atoms with E-state index < -0.39 is 18.2 Å². The van der Waals surface area contributed by atoms with Crippen molar-refractivity contribution < 1.29 is 75.6 Å². The quantitative estimate of drug-likeness (QED) is 0.372. The Hall–Kier alpha value is 0.0764. The summed E-state index contributed by atoms with van der Waals surface area (Å²) in [6.45, 7) is 0.244. The van der Waals surface area contributed by atoms with E-state index in [1.165, 1.54) is 18.1 Å². The summed E-state index contributed by atoms with van der Waals surface area (Å²) in [5.41, 5.74) is 0. The third-order valence-corrected chi connectivity index (χ3v) is 2.44. The first kappa shape index (κ1) is 14.1. The third kappa shape index (κ3) is 2.34. The molecule has 82 valence electrons. The van der Waals surface area contributed by atoms with E-state index >= 15 is 0 Å². The zero-order valence-corrected chi connectivity index (χ0v) is 12.3. The molecule has 2 fully saturated rings. The van der Waals surface area contributed by atoms with Gasteiger partial charge in [-0.15, -0.1) is 0 Å². The van der Waals surface area contributed by atoms with Gasteiger partial charge in [0.1, 0.15) is 11.8 Å². The Morgan fingerprint density at radius 1 is 1.75 bits per heavy atom. The van der Waals surface area contributed by atoms with Crippen molar-refractivity contribution in [2.45, 2.75) is 18.7 Å². The second-order valence-corrected chi connectivity index (χ2v) is 3.36. The van der Waals surface area contributed by atoms with Crippen LogP contribution < -0.4 is 56.5 Å². The molecule has 2 aliphatic rings. The van der Waals surface area contributed by atoms with Gasteiger partial charge in [-0.25, -0.2) is 0 Å². The second-order valence-electron chi connectivity index (χ2n) is 3.36. The maximum absolute atomic E-state index is 11.1. The van der Waals surface area contributed by atoms with Crippen LogP contribution in [-0.2, 0) is 19.1 Å². The number of carboxylic acids is 1. The Labute approximate surface area is 135 Å². The van der Waals surface area contributed by atoms with E-state index in [-0.39, 0.29) is 76.1 Å². The van der Waals surface area contributed by atoms with E-state index in [2.05, 4.69) is 0 Å². The van der Waals surface area contributed by atoms with Gasteiger partial charge < -0.3 is 19.4 Å². The predicted octanol–water partition coefficient (Wildman–Crippen LogP) is -4.77. The number of rotatable bonds is 3. The molecule has 2 atom stereocenters. The normalized spacial score (nSPS) is 29.2. The fourth-order valence-corrected chi connectivity index (χ4v) is 1.72. The predicted molar refractivity (Wildman–Crippen MR) is 45.1 cm³/mol. The molecule has 0 N–H and O–H groups in total. The zero-order valence-electron chi connectivity index (χ0n) is 9.13. The number of ether oxygens (including phenoxy) is 2. The van der Waals surface area contributed by atoms with Crippen molar-refractivity contribution in [1.29, 1.82) is 0 Å². The van der Waals surface area contributed by atoms with E-state index in [0.29, 0.717) is 0 Å². The molecule has 6 nitrogen and oxygen atoms in total. The maximum atomic E-state index is 11.1. The number of carboxylic acid groups (broad SMARTS) is 1. The topological polar surface area (TPSA) is 78.9 Å². The summed E-state index contributed by atoms with van der Waals surface area (Å²) in [6, 6.07) is -1.09. The molecule has 2 aliphatic heterocycles. The summed E-state index contributed by atoms with van der Waals surface area (Å²) in [5.74, 6) is -1.32. The number of nitrogens with zero attached hydrogens (tertiary/aromatic N) is 1. The van der Waals surface area contributed by atoms with E-state index in [9.17, 15) is 14.7 Å². The molecule has 2 saturated heterocycles. The average Bonchev–Trinajstić information content (AvgIpc) is 2.47. The number of fused-ring (bicyclic) bond motifs is 1. The summed E-state index contributed by atoms with van der Waals surface area (Å²) in [4.78, 5) is 23.2. The van der Waals surface area contributed by atoms with Crippen molar-refractivity contribution in [3.05, 3.63) is 11.8 Å².